The first-order chi connectivity index (χ1) is 34.0. The number of allylic oxidation sites excluding steroid dienone is 8. The summed E-state index contributed by atoms with van der Waals surface area (Å²) in [6.07, 6.45) is 71.2. The molecule has 6 heteroatoms. The molecule has 0 aromatic rings. The van der Waals surface area contributed by atoms with Crippen LogP contribution in [-0.4, -0.2) is 37.2 Å². The Balaban J connectivity index is 4.38. The highest BCUT2D eigenvalue weighted by Gasteiger charge is 2.19. The molecule has 0 saturated carbocycles. The number of rotatable bonds is 55. The monoisotopic (exact) mass is 967 g/mol. The number of unbranched alkanes of at least 4 members (excludes halogenated alkanes) is 36. The molecule has 0 bridgehead atoms. The molecule has 0 aliphatic heterocycles. The van der Waals surface area contributed by atoms with Gasteiger partial charge in [0.05, 0.1) is 0 Å². The molecule has 0 fully saturated rings. The number of ether oxygens (including phenoxy) is 3. The van der Waals surface area contributed by atoms with Gasteiger partial charge in [0, 0.05) is 19.3 Å². The summed E-state index contributed by atoms with van der Waals surface area (Å²) < 4.78 is 16.8. The van der Waals surface area contributed by atoms with Gasteiger partial charge >= 0.3 is 17.9 Å². The average molecular weight is 968 g/mol. The van der Waals surface area contributed by atoms with Crippen molar-refractivity contribution in [2.45, 2.75) is 322 Å². The summed E-state index contributed by atoms with van der Waals surface area (Å²) in [6, 6.07) is 0. The fourth-order valence-corrected chi connectivity index (χ4v) is 8.72. The second-order valence-corrected chi connectivity index (χ2v) is 20.2. The molecule has 0 aromatic carbocycles. The largest absolute Gasteiger partial charge is 0.462 e. The zero-order chi connectivity index (χ0) is 50.0. The SMILES string of the molecule is CCCCCCCC/C=C/C/C=C/CCC(=O)OCC(COC(=O)CCCCCCCCC/C=C/CCCCCCCCCC)OC(=O)CCCCCCCCC/C=C/CCCCCCCCCC. The molecular weight excluding hydrogens is 853 g/mol. The van der Waals surface area contributed by atoms with Crippen molar-refractivity contribution in [3.8, 4) is 0 Å². The lowest BCUT2D eigenvalue weighted by Crippen LogP contribution is -2.30. The van der Waals surface area contributed by atoms with Gasteiger partial charge in [-0.05, 0) is 89.9 Å². The van der Waals surface area contributed by atoms with Crippen molar-refractivity contribution in [1.29, 1.82) is 0 Å². The molecular formula is C63H114O6. The van der Waals surface area contributed by atoms with Gasteiger partial charge in [-0.15, -0.1) is 0 Å². The summed E-state index contributed by atoms with van der Waals surface area (Å²) in [5.41, 5.74) is 0. The van der Waals surface area contributed by atoms with Crippen molar-refractivity contribution in [1.82, 2.24) is 0 Å². The van der Waals surface area contributed by atoms with Gasteiger partial charge in [-0.25, -0.2) is 0 Å². The van der Waals surface area contributed by atoms with E-state index in [1.165, 1.54) is 218 Å². The molecule has 0 radical (unpaired) electrons. The molecule has 1 unspecified atom stereocenters. The zero-order valence-corrected chi connectivity index (χ0v) is 46.1. The van der Waals surface area contributed by atoms with Crippen LogP contribution in [0.2, 0.25) is 0 Å². The molecule has 69 heavy (non-hydrogen) atoms. The topological polar surface area (TPSA) is 78.9 Å². The zero-order valence-electron chi connectivity index (χ0n) is 46.1. The van der Waals surface area contributed by atoms with Crippen LogP contribution in [0.1, 0.15) is 316 Å². The normalized spacial score (nSPS) is 12.3. The highest BCUT2D eigenvalue weighted by atomic mass is 16.6. The highest BCUT2D eigenvalue weighted by molar-refractivity contribution is 5.71. The van der Waals surface area contributed by atoms with Crippen LogP contribution >= 0.6 is 0 Å². The minimum absolute atomic E-state index is 0.0925. The number of carbonyl (C=O) groups excluding carboxylic acids is 3. The molecule has 0 spiro atoms. The molecule has 0 rings (SSSR count). The third-order valence-corrected chi connectivity index (χ3v) is 13.3. The van der Waals surface area contributed by atoms with Gasteiger partial charge in [-0.3, -0.25) is 14.4 Å². The van der Waals surface area contributed by atoms with Gasteiger partial charge in [0.1, 0.15) is 13.2 Å². The Labute approximate surface area is 428 Å². The summed E-state index contributed by atoms with van der Waals surface area (Å²) in [4.78, 5) is 38.1. The van der Waals surface area contributed by atoms with Crippen LogP contribution in [0.5, 0.6) is 0 Å². The molecule has 402 valence electrons. The van der Waals surface area contributed by atoms with E-state index in [2.05, 4.69) is 63.3 Å². The Hall–Kier alpha value is -2.63. The number of hydrogen-bond acceptors (Lipinski definition) is 6. The number of esters is 3. The maximum Gasteiger partial charge on any atom is 0.306 e. The van der Waals surface area contributed by atoms with E-state index in [1.54, 1.807) is 0 Å². The van der Waals surface area contributed by atoms with E-state index in [9.17, 15) is 14.4 Å². The second kappa shape index (κ2) is 57.9. The summed E-state index contributed by atoms with van der Waals surface area (Å²) >= 11 is 0. The Kier molecular flexibility index (Phi) is 55.7. The lowest BCUT2D eigenvalue weighted by atomic mass is 10.1. The minimum atomic E-state index is -0.799. The third kappa shape index (κ3) is 56.2. The minimum Gasteiger partial charge on any atom is -0.462 e. The Bertz CT molecular complexity index is 1200. The van der Waals surface area contributed by atoms with Crippen LogP contribution in [-0.2, 0) is 28.6 Å². The number of hydrogen-bond donors (Lipinski definition) is 0. The predicted octanol–water partition coefficient (Wildman–Crippen LogP) is 20.2. The van der Waals surface area contributed by atoms with Crippen molar-refractivity contribution in [3.05, 3.63) is 48.6 Å². The molecule has 0 saturated heterocycles. The molecule has 0 N–H and O–H groups in total. The molecule has 6 nitrogen and oxygen atoms in total. The highest BCUT2D eigenvalue weighted by Crippen LogP contribution is 2.16. The van der Waals surface area contributed by atoms with Crippen molar-refractivity contribution in [2.75, 3.05) is 13.2 Å². The van der Waals surface area contributed by atoms with Crippen molar-refractivity contribution in [2.24, 2.45) is 0 Å². The first-order valence-electron chi connectivity index (χ1n) is 30.1. The number of carbonyl (C=O) groups is 3. The van der Waals surface area contributed by atoms with Crippen LogP contribution in [0.25, 0.3) is 0 Å². The van der Waals surface area contributed by atoms with Gasteiger partial charge in [0.25, 0.3) is 0 Å². The van der Waals surface area contributed by atoms with E-state index in [4.69, 9.17) is 14.2 Å². The summed E-state index contributed by atoms with van der Waals surface area (Å²) in [5.74, 6) is -0.957. The van der Waals surface area contributed by atoms with E-state index in [-0.39, 0.29) is 37.5 Å². The summed E-state index contributed by atoms with van der Waals surface area (Å²) in [5, 5.41) is 0. The van der Waals surface area contributed by atoms with Crippen molar-refractivity contribution < 1.29 is 28.6 Å². The lowest BCUT2D eigenvalue weighted by Gasteiger charge is -2.18. The first-order valence-corrected chi connectivity index (χ1v) is 30.1. The summed E-state index contributed by atoms with van der Waals surface area (Å²) in [6.45, 7) is 6.61. The van der Waals surface area contributed by atoms with E-state index < -0.39 is 6.10 Å². The maximum absolute atomic E-state index is 12.9. The summed E-state index contributed by atoms with van der Waals surface area (Å²) in [7, 11) is 0. The Morgan fingerprint density at radius 2 is 0.551 bits per heavy atom. The van der Waals surface area contributed by atoms with Crippen LogP contribution in [0, 0.1) is 0 Å². The molecule has 0 aliphatic rings. The van der Waals surface area contributed by atoms with Crippen LogP contribution in [0.4, 0.5) is 0 Å². The molecule has 0 aliphatic carbocycles. The van der Waals surface area contributed by atoms with Crippen molar-refractivity contribution in [3.63, 3.8) is 0 Å². The van der Waals surface area contributed by atoms with Gasteiger partial charge in [0.2, 0.25) is 0 Å². The fraction of sp³-hybridized carbons (Fsp3) is 0.825. The quantitative estimate of drug-likeness (QED) is 0.0262. The molecule has 0 amide bonds. The van der Waals surface area contributed by atoms with Crippen molar-refractivity contribution >= 4 is 17.9 Å². The lowest BCUT2D eigenvalue weighted by molar-refractivity contribution is -0.166. The van der Waals surface area contributed by atoms with Crippen LogP contribution in [0.15, 0.2) is 48.6 Å². The smallest absolute Gasteiger partial charge is 0.306 e. The van der Waals surface area contributed by atoms with E-state index in [0.717, 1.165) is 51.4 Å². The Morgan fingerprint density at radius 3 is 0.899 bits per heavy atom. The third-order valence-electron chi connectivity index (χ3n) is 13.3. The van der Waals surface area contributed by atoms with Crippen LogP contribution in [0.3, 0.4) is 0 Å². The molecule has 0 aromatic heterocycles. The first kappa shape index (κ1) is 66.4. The second-order valence-electron chi connectivity index (χ2n) is 20.2. The predicted molar refractivity (Wildman–Crippen MR) is 298 cm³/mol. The van der Waals surface area contributed by atoms with Gasteiger partial charge in [-0.2, -0.15) is 0 Å². The van der Waals surface area contributed by atoms with Gasteiger partial charge in [-0.1, -0.05) is 256 Å². The van der Waals surface area contributed by atoms with E-state index >= 15 is 0 Å². The fourth-order valence-electron chi connectivity index (χ4n) is 8.72. The molecule has 1 atom stereocenters. The standard InChI is InChI=1S/C63H114O6/c1-4-7-10-13-16-19-22-25-27-29-31-33-35-38-41-44-47-50-53-56-62(65)68-59-60(58-67-61(64)55-52-49-46-43-40-37-24-21-18-15-12-9-6-3)69-63(66)57-54-51-48-45-42-39-36-34-32-30-28-26-23-20-17-14-11-8-5-2/h29-32,37,40,46,49,60H,4-28,33-36,38-39,41-45,47-48,50-59H2,1-3H3/b31-29+,32-30+,40-37+,49-46+. The molecule has 0 heterocycles. The Morgan fingerprint density at radius 1 is 0.290 bits per heavy atom. The maximum atomic E-state index is 12.9. The average Bonchev–Trinajstić information content (AvgIpc) is 3.35. The van der Waals surface area contributed by atoms with Crippen LogP contribution < -0.4 is 0 Å². The van der Waals surface area contributed by atoms with Gasteiger partial charge in [0.15, 0.2) is 6.10 Å². The van der Waals surface area contributed by atoms with E-state index in [0.29, 0.717) is 19.3 Å². The van der Waals surface area contributed by atoms with Gasteiger partial charge < -0.3 is 14.2 Å². The van der Waals surface area contributed by atoms with E-state index in [1.807, 2.05) is 6.08 Å².